The van der Waals surface area contributed by atoms with Gasteiger partial charge in [-0.05, 0) is 48.7 Å². The number of hydrogen-bond acceptors (Lipinski definition) is 4. The maximum atomic E-state index is 9.59. The molecule has 0 radical (unpaired) electrons. The van der Waals surface area contributed by atoms with Crippen LogP contribution < -0.4 is 5.32 Å². The third-order valence-electron chi connectivity index (χ3n) is 4.01. The Labute approximate surface area is 146 Å². The first kappa shape index (κ1) is 16.7. The molecule has 3 rings (SSSR count). The van der Waals surface area contributed by atoms with Gasteiger partial charge in [-0.2, -0.15) is 4.80 Å². The summed E-state index contributed by atoms with van der Waals surface area (Å²) < 4.78 is 0. The number of nitrogens with one attached hydrogen (secondary N) is 1. The van der Waals surface area contributed by atoms with Crippen molar-refractivity contribution >= 4 is 28.3 Å². The van der Waals surface area contributed by atoms with E-state index in [1.54, 1.807) is 4.80 Å². The number of alkyl halides is 1. The van der Waals surface area contributed by atoms with E-state index in [1.165, 1.54) is 5.56 Å². The number of anilines is 1. The van der Waals surface area contributed by atoms with Crippen LogP contribution in [0.2, 0.25) is 0 Å². The predicted molar refractivity (Wildman–Crippen MR) is 98.2 cm³/mol. The first-order chi connectivity index (χ1) is 11.6. The summed E-state index contributed by atoms with van der Waals surface area (Å²) in [6.45, 7) is 4.54. The SMILES string of the molecule is CCc1ccc(-n2nc3cc(C)c(NCC(O)CCl)cc3n2)cc1. The van der Waals surface area contributed by atoms with Gasteiger partial charge in [0.1, 0.15) is 11.0 Å². The van der Waals surface area contributed by atoms with E-state index in [0.29, 0.717) is 6.54 Å². The van der Waals surface area contributed by atoms with Gasteiger partial charge in [0.05, 0.1) is 17.7 Å². The molecule has 0 saturated heterocycles. The Morgan fingerprint density at radius 1 is 1.17 bits per heavy atom. The van der Waals surface area contributed by atoms with Crippen molar-refractivity contribution in [1.82, 2.24) is 15.0 Å². The van der Waals surface area contributed by atoms with Gasteiger partial charge in [-0.1, -0.05) is 19.1 Å². The van der Waals surface area contributed by atoms with E-state index in [1.807, 2.05) is 31.2 Å². The van der Waals surface area contributed by atoms with Gasteiger partial charge < -0.3 is 10.4 Å². The molecule has 3 aromatic rings. The summed E-state index contributed by atoms with van der Waals surface area (Å²) >= 11 is 5.63. The second kappa shape index (κ2) is 7.20. The molecule has 5 nitrogen and oxygen atoms in total. The minimum absolute atomic E-state index is 0.207. The molecule has 2 N–H and O–H groups in total. The molecule has 0 fully saturated rings. The molecule has 1 unspecified atom stereocenters. The van der Waals surface area contributed by atoms with E-state index < -0.39 is 6.10 Å². The van der Waals surface area contributed by atoms with Crippen LogP contribution in [-0.4, -0.2) is 38.6 Å². The molecule has 6 heteroatoms. The number of benzene rings is 2. The van der Waals surface area contributed by atoms with Crippen LogP contribution in [0.5, 0.6) is 0 Å². The normalized spacial score (nSPS) is 12.5. The lowest BCUT2D eigenvalue weighted by atomic mass is 10.1. The summed E-state index contributed by atoms with van der Waals surface area (Å²) in [7, 11) is 0. The van der Waals surface area contributed by atoms with Crippen molar-refractivity contribution in [3.63, 3.8) is 0 Å². The number of aliphatic hydroxyl groups excluding tert-OH is 1. The number of nitrogens with zero attached hydrogens (tertiary/aromatic N) is 3. The lowest BCUT2D eigenvalue weighted by molar-refractivity contribution is 0.211. The molecule has 0 aliphatic carbocycles. The highest BCUT2D eigenvalue weighted by Gasteiger charge is 2.09. The average Bonchev–Trinajstić information content (AvgIpc) is 3.02. The Balaban J connectivity index is 1.89. The Morgan fingerprint density at radius 2 is 1.83 bits per heavy atom. The summed E-state index contributed by atoms with van der Waals surface area (Å²) in [5.41, 5.74) is 5.86. The molecule has 24 heavy (non-hydrogen) atoms. The maximum absolute atomic E-state index is 9.59. The van der Waals surface area contributed by atoms with Crippen molar-refractivity contribution in [2.45, 2.75) is 26.4 Å². The van der Waals surface area contributed by atoms with Crippen molar-refractivity contribution in [2.75, 3.05) is 17.7 Å². The van der Waals surface area contributed by atoms with Crippen molar-refractivity contribution in [3.8, 4) is 5.69 Å². The van der Waals surface area contributed by atoms with E-state index in [9.17, 15) is 5.11 Å². The quantitative estimate of drug-likeness (QED) is 0.673. The molecule has 1 heterocycles. The fourth-order valence-corrected chi connectivity index (χ4v) is 2.63. The van der Waals surface area contributed by atoms with Gasteiger partial charge in [0.15, 0.2) is 0 Å². The van der Waals surface area contributed by atoms with Gasteiger partial charge in [-0.3, -0.25) is 0 Å². The van der Waals surface area contributed by atoms with Crippen LogP contribution in [0.3, 0.4) is 0 Å². The zero-order valence-electron chi connectivity index (χ0n) is 13.8. The molecular weight excluding hydrogens is 324 g/mol. The van der Waals surface area contributed by atoms with Crippen LogP contribution >= 0.6 is 11.6 Å². The highest BCUT2D eigenvalue weighted by atomic mass is 35.5. The molecule has 2 aromatic carbocycles. The molecule has 0 amide bonds. The number of aryl methyl sites for hydroxylation is 2. The first-order valence-electron chi connectivity index (χ1n) is 8.05. The van der Waals surface area contributed by atoms with Crippen LogP contribution in [0.1, 0.15) is 18.1 Å². The maximum Gasteiger partial charge on any atom is 0.115 e. The smallest absolute Gasteiger partial charge is 0.115 e. The zero-order valence-corrected chi connectivity index (χ0v) is 14.6. The van der Waals surface area contributed by atoms with Gasteiger partial charge in [0.25, 0.3) is 0 Å². The Morgan fingerprint density at radius 3 is 2.46 bits per heavy atom. The minimum atomic E-state index is -0.575. The molecule has 0 aliphatic heterocycles. The second-order valence-electron chi connectivity index (χ2n) is 5.85. The molecule has 1 atom stereocenters. The number of halogens is 1. The van der Waals surface area contributed by atoms with E-state index in [0.717, 1.165) is 34.4 Å². The molecule has 1 aromatic heterocycles. The van der Waals surface area contributed by atoms with E-state index in [-0.39, 0.29) is 5.88 Å². The number of aromatic nitrogens is 3. The molecule has 126 valence electrons. The van der Waals surface area contributed by atoms with E-state index in [4.69, 9.17) is 11.6 Å². The Hall–Kier alpha value is -2.11. The largest absolute Gasteiger partial charge is 0.390 e. The third kappa shape index (κ3) is 3.52. The molecule has 0 saturated carbocycles. The van der Waals surface area contributed by atoms with Crippen molar-refractivity contribution < 1.29 is 5.11 Å². The summed E-state index contributed by atoms with van der Waals surface area (Å²) in [5, 5.41) is 21.9. The highest BCUT2D eigenvalue weighted by molar-refractivity contribution is 6.18. The fraction of sp³-hybridized carbons (Fsp3) is 0.333. The Kier molecular flexibility index (Phi) is 5.02. The summed E-state index contributed by atoms with van der Waals surface area (Å²) in [6.07, 6.45) is 0.437. The van der Waals surface area contributed by atoms with Crippen LogP contribution in [-0.2, 0) is 6.42 Å². The lowest BCUT2D eigenvalue weighted by Gasteiger charge is -2.11. The number of fused-ring (bicyclic) bond motifs is 1. The molecule has 0 spiro atoms. The number of rotatable bonds is 6. The van der Waals surface area contributed by atoms with Crippen LogP contribution in [0, 0.1) is 6.92 Å². The second-order valence-corrected chi connectivity index (χ2v) is 6.16. The topological polar surface area (TPSA) is 63.0 Å². The lowest BCUT2D eigenvalue weighted by Crippen LogP contribution is -2.21. The van der Waals surface area contributed by atoms with E-state index in [2.05, 4.69) is 34.6 Å². The standard InChI is InChI=1S/C18H21ClN4O/c1-3-13-4-6-14(7-5-13)23-21-17-8-12(2)16(9-18(17)22-23)20-11-15(24)10-19/h4-9,15,20,24H,3,10-11H2,1-2H3. The average molecular weight is 345 g/mol. The first-order valence-corrected chi connectivity index (χ1v) is 8.59. The monoisotopic (exact) mass is 344 g/mol. The van der Waals surface area contributed by atoms with E-state index >= 15 is 0 Å². The van der Waals surface area contributed by atoms with Gasteiger partial charge in [0, 0.05) is 12.2 Å². The predicted octanol–water partition coefficient (Wildman–Crippen LogP) is 3.30. The van der Waals surface area contributed by atoms with Crippen LogP contribution in [0.15, 0.2) is 36.4 Å². The van der Waals surface area contributed by atoms with Gasteiger partial charge in [-0.15, -0.1) is 21.8 Å². The van der Waals surface area contributed by atoms with Crippen LogP contribution in [0.4, 0.5) is 5.69 Å². The van der Waals surface area contributed by atoms with Gasteiger partial charge in [-0.25, -0.2) is 0 Å². The van der Waals surface area contributed by atoms with Gasteiger partial charge >= 0.3 is 0 Å². The fourth-order valence-electron chi connectivity index (χ4n) is 2.52. The molecular formula is C18H21ClN4O. The summed E-state index contributed by atoms with van der Waals surface area (Å²) in [5.74, 6) is 0.207. The Bertz CT molecular complexity index is 829. The summed E-state index contributed by atoms with van der Waals surface area (Å²) in [6, 6.07) is 12.2. The summed E-state index contributed by atoms with van der Waals surface area (Å²) in [4.78, 5) is 1.65. The van der Waals surface area contributed by atoms with Crippen molar-refractivity contribution in [2.24, 2.45) is 0 Å². The highest BCUT2D eigenvalue weighted by Crippen LogP contribution is 2.22. The van der Waals surface area contributed by atoms with Crippen molar-refractivity contribution in [3.05, 3.63) is 47.5 Å². The molecule has 0 bridgehead atoms. The molecule has 0 aliphatic rings. The number of hydrogen-bond donors (Lipinski definition) is 2. The van der Waals surface area contributed by atoms with Gasteiger partial charge in [0.2, 0.25) is 0 Å². The minimum Gasteiger partial charge on any atom is -0.390 e. The number of aliphatic hydroxyl groups is 1. The zero-order chi connectivity index (χ0) is 17.1. The van der Waals surface area contributed by atoms with Crippen molar-refractivity contribution in [1.29, 1.82) is 0 Å². The third-order valence-corrected chi connectivity index (χ3v) is 4.36. The van der Waals surface area contributed by atoms with Crippen LogP contribution in [0.25, 0.3) is 16.7 Å².